The van der Waals surface area contributed by atoms with Crippen LogP contribution < -0.4 is 0 Å². The molecule has 1 aliphatic heterocycles. The molecular weight excluding hydrogens is 268 g/mol. The summed E-state index contributed by atoms with van der Waals surface area (Å²) < 4.78 is 1.74. The Balaban J connectivity index is 2.04. The van der Waals surface area contributed by atoms with E-state index < -0.39 is 6.10 Å². The van der Waals surface area contributed by atoms with E-state index in [0.717, 1.165) is 11.3 Å². The van der Waals surface area contributed by atoms with E-state index in [4.69, 9.17) is 4.84 Å². The summed E-state index contributed by atoms with van der Waals surface area (Å²) in [6, 6.07) is 0.101. The van der Waals surface area contributed by atoms with Gasteiger partial charge in [-0.05, 0) is 19.8 Å². The maximum absolute atomic E-state index is 12.7. The van der Waals surface area contributed by atoms with Crippen LogP contribution in [0.15, 0.2) is 17.5 Å². The van der Waals surface area contributed by atoms with Crippen molar-refractivity contribution in [2.45, 2.75) is 52.8 Å². The molecule has 1 atom stereocenters. The molecule has 0 bridgehead atoms. The number of carbonyl (C=O) groups excluding carboxylic acids is 1. The van der Waals surface area contributed by atoms with Crippen molar-refractivity contribution in [2.75, 3.05) is 0 Å². The summed E-state index contributed by atoms with van der Waals surface area (Å²) in [5, 5.41) is 8.19. The van der Waals surface area contributed by atoms with E-state index in [9.17, 15) is 4.79 Å². The summed E-state index contributed by atoms with van der Waals surface area (Å²) in [7, 11) is 1.87. The van der Waals surface area contributed by atoms with Gasteiger partial charge in [0.25, 0.3) is 5.91 Å². The number of oxime groups is 1. The fourth-order valence-corrected chi connectivity index (χ4v) is 2.32. The maximum Gasteiger partial charge on any atom is 0.267 e. The molecule has 0 saturated heterocycles. The highest BCUT2D eigenvalue weighted by molar-refractivity contribution is 5.93. The summed E-state index contributed by atoms with van der Waals surface area (Å²) in [4.78, 5) is 19.8. The number of hydrogen-bond acceptors (Lipinski definition) is 4. The Morgan fingerprint density at radius 3 is 2.67 bits per heavy atom. The largest absolute Gasteiger partial charge is 0.382 e. The molecule has 1 aliphatic rings. The summed E-state index contributed by atoms with van der Waals surface area (Å²) in [5.41, 5.74) is 1.97. The number of rotatable bonds is 5. The van der Waals surface area contributed by atoms with E-state index in [2.05, 4.69) is 24.1 Å². The lowest BCUT2D eigenvalue weighted by atomic mass is 10.0. The van der Waals surface area contributed by atoms with Crippen molar-refractivity contribution in [1.82, 2.24) is 14.7 Å². The highest BCUT2D eigenvalue weighted by Gasteiger charge is 2.33. The zero-order chi connectivity index (χ0) is 15.6. The predicted octanol–water partition coefficient (Wildman–Crippen LogP) is 1.96. The summed E-state index contributed by atoms with van der Waals surface area (Å²) in [6.07, 6.45) is 3.82. The van der Waals surface area contributed by atoms with Crippen LogP contribution in [0.3, 0.4) is 0 Å². The fraction of sp³-hybridized carbons (Fsp3) is 0.667. The van der Waals surface area contributed by atoms with Crippen molar-refractivity contribution >= 4 is 11.6 Å². The van der Waals surface area contributed by atoms with E-state index in [1.165, 1.54) is 0 Å². The zero-order valence-corrected chi connectivity index (χ0v) is 13.4. The van der Waals surface area contributed by atoms with Gasteiger partial charge in [0.05, 0.1) is 11.9 Å². The molecule has 0 N–H and O–H groups in total. The summed E-state index contributed by atoms with van der Waals surface area (Å²) in [6.45, 7) is 8.68. The molecule has 0 aromatic carbocycles. The number of aromatic nitrogens is 2. The second kappa shape index (κ2) is 6.28. The number of hydrogen-bond donors (Lipinski definition) is 0. The van der Waals surface area contributed by atoms with Crippen molar-refractivity contribution < 1.29 is 9.63 Å². The first kappa shape index (κ1) is 15.5. The van der Waals surface area contributed by atoms with Gasteiger partial charge in [-0.15, -0.1) is 0 Å². The average Bonchev–Trinajstić information content (AvgIpc) is 3.03. The van der Waals surface area contributed by atoms with E-state index >= 15 is 0 Å². The predicted molar refractivity (Wildman–Crippen MR) is 80.7 cm³/mol. The first-order valence-electron chi connectivity index (χ1n) is 7.39. The highest BCUT2D eigenvalue weighted by Crippen LogP contribution is 2.20. The Bertz CT molecular complexity index is 534. The van der Waals surface area contributed by atoms with Gasteiger partial charge >= 0.3 is 0 Å². The zero-order valence-electron chi connectivity index (χ0n) is 13.4. The van der Waals surface area contributed by atoms with Crippen LogP contribution in [-0.4, -0.2) is 38.4 Å². The van der Waals surface area contributed by atoms with Crippen LogP contribution in [0.1, 0.15) is 39.7 Å². The van der Waals surface area contributed by atoms with Crippen LogP contribution in [-0.2, 0) is 23.2 Å². The third-order valence-electron chi connectivity index (χ3n) is 3.65. The van der Waals surface area contributed by atoms with Crippen LogP contribution in [0.25, 0.3) is 0 Å². The Kier molecular flexibility index (Phi) is 4.65. The number of nitrogens with zero attached hydrogens (tertiary/aromatic N) is 4. The topological polar surface area (TPSA) is 59.7 Å². The van der Waals surface area contributed by atoms with Crippen LogP contribution in [0.2, 0.25) is 0 Å². The monoisotopic (exact) mass is 292 g/mol. The molecule has 0 unspecified atom stereocenters. The molecule has 0 spiro atoms. The molecule has 21 heavy (non-hydrogen) atoms. The van der Waals surface area contributed by atoms with Crippen molar-refractivity contribution in [3.8, 4) is 0 Å². The lowest BCUT2D eigenvalue weighted by molar-refractivity contribution is -0.144. The smallest absolute Gasteiger partial charge is 0.267 e. The Morgan fingerprint density at radius 2 is 2.19 bits per heavy atom. The fourth-order valence-electron chi connectivity index (χ4n) is 2.32. The Hall–Kier alpha value is -1.85. The van der Waals surface area contributed by atoms with E-state index in [0.29, 0.717) is 18.9 Å². The number of amides is 1. The normalized spacial score (nSPS) is 18.0. The van der Waals surface area contributed by atoms with Gasteiger partial charge in [-0.3, -0.25) is 9.48 Å². The molecule has 0 aliphatic carbocycles. The number of aryl methyl sites for hydroxylation is 1. The Labute approximate surface area is 125 Å². The Morgan fingerprint density at radius 1 is 1.48 bits per heavy atom. The van der Waals surface area contributed by atoms with E-state index in [1.54, 1.807) is 10.9 Å². The van der Waals surface area contributed by atoms with Gasteiger partial charge in [0.2, 0.25) is 6.10 Å². The van der Waals surface area contributed by atoms with Crippen LogP contribution in [0, 0.1) is 5.92 Å². The van der Waals surface area contributed by atoms with Crippen molar-refractivity contribution in [1.29, 1.82) is 0 Å². The minimum Gasteiger partial charge on any atom is -0.382 e. The summed E-state index contributed by atoms with van der Waals surface area (Å²) >= 11 is 0. The molecule has 1 aromatic heterocycles. The molecule has 0 saturated carbocycles. The van der Waals surface area contributed by atoms with Crippen LogP contribution in [0.5, 0.6) is 0 Å². The van der Waals surface area contributed by atoms with Gasteiger partial charge in [0.15, 0.2) is 0 Å². The lowest BCUT2D eigenvalue weighted by Crippen LogP contribution is -2.43. The third kappa shape index (κ3) is 3.62. The van der Waals surface area contributed by atoms with E-state index in [-0.39, 0.29) is 11.9 Å². The molecular formula is C15H24N4O2. The third-order valence-corrected chi connectivity index (χ3v) is 3.65. The molecule has 116 valence electrons. The second-order valence-electron chi connectivity index (χ2n) is 6.12. The van der Waals surface area contributed by atoms with Gasteiger partial charge in [0, 0.05) is 37.8 Å². The molecule has 1 amide bonds. The lowest BCUT2D eigenvalue weighted by Gasteiger charge is -2.28. The van der Waals surface area contributed by atoms with Gasteiger partial charge in [-0.25, -0.2) is 0 Å². The molecule has 0 fully saturated rings. The van der Waals surface area contributed by atoms with Gasteiger partial charge < -0.3 is 9.74 Å². The molecule has 6 heteroatoms. The average molecular weight is 292 g/mol. The SMILES string of the molecule is CC(C)C1=NO[C@H](C(=O)N(Cc2cnn(C)c2)C(C)C)C1. The number of carbonyl (C=O) groups is 1. The van der Waals surface area contributed by atoms with Crippen LogP contribution in [0.4, 0.5) is 0 Å². The first-order valence-corrected chi connectivity index (χ1v) is 7.39. The van der Waals surface area contributed by atoms with Crippen molar-refractivity contribution in [2.24, 2.45) is 18.1 Å². The molecule has 0 radical (unpaired) electrons. The molecule has 2 rings (SSSR count). The molecule has 2 heterocycles. The van der Waals surface area contributed by atoms with E-state index in [1.807, 2.05) is 32.0 Å². The van der Waals surface area contributed by atoms with Crippen LogP contribution >= 0.6 is 0 Å². The van der Waals surface area contributed by atoms with Crippen molar-refractivity contribution in [3.05, 3.63) is 18.0 Å². The maximum atomic E-state index is 12.7. The molecule has 6 nitrogen and oxygen atoms in total. The quantitative estimate of drug-likeness (QED) is 0.833. The van der Waals surface area contributed by atoms with Gasteiger partial charge in [-0.1, -0.05) is 19.0 Å². The standard InChI is InChI=1S/C15H24N4O2/c1-10(2)13-6-14(21-17-13)15(20)19(11(3)4)9-12-7-16-18(5)8-12/h7-8,10-11,14H,6,9H2,1-5H3/t14-/m0/s1. The second-order valence-corrected chi connectivity index (χ2v) is 6.12. The summed E-state index contributed by atoms with van der Waals surface area (Å²) in [5.74, 6) is 0.307. The van der Waals surface area contributed by atoms with Gasteiger partial charge in [-0.2, -0.15) is 5.10 Å². The van der Waals surface area contributed by atoms with Crippen molar-refractivity contribution in [3.63, 3.8) is 0 Å². The van der Waals surface area contributed by atoms with Gasteiger partial charge in [0.1, 0.15) is 0 Å². The highest BCUT2D eigenvalue weighted by atomic mass is 16.6. The minimum atomic E-state index is -0.485. The first-order chi connectivity index (χ1) is 9.88. The minimum absolute atomic E-state index is 0.00625. The molecule has 1 aromatic rings.